The van der Waals surface area contributed by atoms with E-state index in [1.54, 1.807) is 68.6 Å². The highest BCUT2D eigenvalue weighted by Crippen LogP contribution is 2.32. The molecule has 8 N–H and O–H groups in total. The van der Waals surface area contributed by atoms with Gasteiger partial charge in [0.2, 0.25) is 53.2 Å². The van der Waals surface area contributed by atoms with E-state index >= 15 is 24.0 Å². The van der Waals surface area contributed by atoms with Gasteiger partial charge in [-0.05, 0) is 130 Å². The van der Waals surface area contributed by atoms with Crippen LogP contribution >= 0.6 is 23.5 Å². The molecule has 0 radical (unpaired) electrons. The minimum absolute atomic E-state index is 0.0219. The molecule has 1 aromatic heterocycles. The summed E-state index contributed by atoms with van der Waals surface area (Å²) >= 11 is 2.88. The zero-order valence-electron chi connectivity index (χ0n) is 53.1. The second-order valence-corrected chi connectivity index (χ2v) is 26.0. The molecule has 1 aliphatic carbocycles. The van der Waals surface area contributed by atoms with Crippen molar-refractivity contribution in [3.05, 3.63) is 137 Å². The molecule has 21 nitrogen and oxygen atoms in total. The van der Waals surface area contributed by atoms with E-state index in [2.05, 4.69) is 54.0 Å². The molecule has 0 spiro atoms. The number of H-pyrrole nitrogens is 1. The van der Waals surface area contributed by atoms with Crippen LogP contribution in [0, 0.1) is 23.5 Å². The van der Waals surface area contributed by atoms with Gasteiger partial charge < -0.3 is 61.5 Å². The number of ether oxygens (including phenoxy) is 2. The second kappa shape index (κ2) is 33.4. The number of nitrogens with zero attached hydrogens (tertiary/aromatic N) is 2. The van der Waals surface area contributed by atoms with Crippen LogP contribution in [-0.4, -0.2) is 167 Å². The normalized spacial score (nSPS) is 25.9. The van der Waals surface area contributed by atoms with Crippen molar-refractivity contribution < 1.29 is 61.4 Å². The average Bonchev–Trinajstić information content (AvgIpc) is 1.81. The quantitative estimate of drug-likeness (QED) is 0.0921. The van der Waals surface area contributed by atoms with Crippen molar-refractivity contribution in [2.24, 2.45) is 0 Å². The molecule has 3 aliphatic heterocycles. The Balaban J connectivity index is 1.14. The number of carbonyl (C=O) groups is 9. The molecule has 496 valence electrons. The number of allylic oxidation sites excluding steroid dienone is 4. The molecule has 6 bridgehead atoms. The summed E-state index contributed by atoms with van der Waals surface area (Å²) in [5, 5.41) is 20.0. The molecule has 1 fully saturated rings. The van der Waals surface area contributed by atoms with E-state index in [1.807, 2.05) is 12.1 Å². The van der Waals surface area contributed by atoms with Crippen molar-refractivity contribution in [3.63, 3.8) is 0 Å². The van der Waals surface area contributed by atoms with Gasteiger partial charge in [-0.2, -0.15) is 23.5 Å². The Kier molecular flexibility index (Phi) is 25.3. The summed E-state index contributed by atoms with van der Waals surface area (Å²) in [6, 6.07) is 6.22. The van der Waals surface area contributed by atoms with Gasteiger partial charge in [-0.3, -0.25) is 43.2 Å². The van der Waals surface area contributed by atoms with Crippen LogP contribution in [0.4, 0.5) is 8.78 Å². The van der Waals surface area contributed by atoms with E-state index in [0.29, 0.717) is 81.2 Å². The van der Waals surface area contributed by atoms with Gasteiger partial charge in [0.15, 0.2) is 0 Å². The first kappa shape index (κ1) is 70.4. The molecule has 93 heavy (non-hydrogen) atoms. The summed E-state index contributed by atoms with van der Waals surface area (Å²) in [4.78, 5) is 137. The number of amides is 9. The number of halogens is 2. The smallest absolute Gasteiger partial charge is 0.246 e. The second-order valence-electron chi connectivity index (χ2n) is 23.8. The minimum Gasteiger partial charge on any atom is -0.490 e. The van der Waals surface area contributed by atoms with Gasteiger partial charge in [0.1, 0.15) is 71.8 Å². The van der Waals surface area contributed by atoms with Crippen molar-refractivity contribution in [1.29, 1.82) is 0 Å². The van der Waals surface area contributed by atoms with Crippen LogP contribution in [0.1, 0.15) is 94.9 Å². The fraction of sp³-hybridized carbons (Fsp3) is 0.456. The van der Waals surface area contributed by atoms with Gasteiger partial charge in [0, 0.05) is 99.5 Å². The number of fused-ring (bicyclic) bond motifs is 12. The van der Waals surface area contributed by atoms with Gasteiger partial charge in [-0.25, -0.2) is 8.78 Å². The number of likely N-dealkylation sites (N-methyl/N-ethyl adjacent to an activating group) is 1. The number of rotatable bonds is 6. The van der Waals surface area contributed by atoms with Gasteiger partial charge >= 0.3 is 0 Å². The van der Waals surface area contributed by atoms with Crippen LogP contribution < -0.4 is 42.0 Å². The molecular formula is C68H82F2N10O11S2. The van der Waals surface area contributed by atoms with Crippen LogP contribution in [0.5, 0.6) is 5.75 Å². The Hall–Kier alpha value is -8.47. The van der Waals surface area contributed by atoms with Gasteiger partial charge in [0.25, 0.3) is 0 Å². The third-order valence-corrected chi connectivity index (χ3v) is 18.9. The summed E-state index contributed by atoms with van der Waals surface area (Å²) in [5.74, 6) is 0.845. The van der Waals surface area contributed by atoms with Crippen molar-refractivity contribution in [1.82, 2.24) is 52.0 Å². The molecule has 4 heterocycles. The topological polar surface area (TPSA) is 279 Å². The van der Waals surface area contributed by atoms with Crippen molar-refractivity contribution in [2.45, 2.75) is 151 Å². The van der Waals surface area contributed by atoms with E-state index in [1.165, 1.54) is 86.8 Å². The highest BCUT2D eigenvalue weighted by atomic mass is 32.2. The lowest BCUT2D eigenvalue weighted by atomic mass is 9.95. The number of benzene rings is 3. The number of nitrogens with one attached hydrogen (secondary N) is 8. The number of aromatic amines is 1. The Bertz CT molecular complexity index is 3590. The van der Waals surface area contributed by atoms with Gasteiger partial charge in [-0.15, -0.1) is 0 Å². The lowest BCUT2D eigenvalue weighted by molar-refractivity contribution is -0.147. The van der Waals surface area contributed by atoms with Crippen LogP contribution in [0.3, 0.4) is 0 Å². The Labute approximate surface area is 548 Å². The highest BCUT2D eigenvalue weighted by molar-refractivity contribution is 7.98. The summed E-state index contributed by atoms with van der Waals surface area (Å²) in [5.41, 5.74) is 2.26. The largest absolute Gasteiger partial charge is 0.490 e. The molecule has 3 aromatic carbocycles. The molecular weight excluding hydrogens is 1230 g/mol. The van der Waals surface area contributed by atoms with Crippen LogP contribution in [0.25, 0.3) is 10.9 Å². The summed E-state index contributed by atoms with van der Waals surface area (Å²) in [6.45, 7) is 6.60. The first-order valence-electron chi connectivity index (χ1n) is 31.2. The SMILES string of the molecule is CO[C@H](C)[C@@H]1NC(=O)[C@@H]2CC/C=C\COc3cccc(c3)C[C@H](NC(=O)[C@@H](C)NC(=O)[C@H](C)NC(=O)CCSCc3cc(F)cc(c3)CSCCNC(=O)[C@]3(C)CCCN3C(=O)[C@H](CC3=CCC#CC=C3)NC1=O)C(=O)N[C@@H](Cc1c[nH]c3ccc(F)cc13)C(=O)N2C. The maximum Gasteiger partial charge on any atom is 0.246 e. The molecule has 1 saturated heterocycles. The number of carbonyl (C=O) groups excluding carboxylic acids is 9. The molecule has 9 amide bonds. The predicted octanol–water partition coefficient (Wildman–Crippen LogP) is 5.12. The fourth-order valence-corrected chi connectivity index (χ4v) is 13.2. The molecule has 9 atom stereocenters. The number of hydrogen-bond donors (Lipinski definition) is 8. The number of methoxy groups -OCH3 is 1. The zero-order chi connectivity index (χ0) is 66.8. The molecule has 25 heteroatoms. The summed E-state index contributed by atoms with van der Waals surface area (Å²) in [6.07, 6.45) is 10.2. The monoisotopic (exact) mass is 1320 g/mol. The van der Waals surface area contributed by atoms with Crippen LogP contribution in [0.2, 0.25) is 0 Å². The van der Waals surface area contributed by atoms with E-state index in [-0.39, 0.29) is 58.2 Å². The maximum atomic E-state index is 15.5. The maximum absolute atomic E-state index is 15.5. The molecule has 4 aromatic rings. The highest BCUT2D eigenvalue weighted by Gasteiger charge is 2.48. The van der Waals surface area contributed by atoms with E-state index in [4.69, 9.17) is 9.47 Å². The van der Waals surface area contributed by atoms with Crippen molar-refractivity contribution in [2.75, 3.05) is 45.4 Å². The molecule has 0 unspecified atom stereocenters. The van der Waals surface area contributed by atoms with Crippen molar-refractivity contribution >= 4 is 87.6 Å². The van der Waals surface area contributed by atoms with Crippen LogP contribution in [-0.2, 0) is 72.2 Å². The van der Waals surface area contributed by atoms with Crippen LogP contribution in [0.15, 0.2) is 103 Å². The Morgan fingerprint density at radius 3 is 2.28 bits per heavy atom. The van der Waals surface area contributed by atoms with E-state index < -0.39 is 119 Å². The lowest BCUT2D eigenvalue weighted by Gasteiger charge is -2.37. The number of aromatic nitrogens is 1. The summed E-state index contributed by atoms with van der Waals surface area (Å²) in [7, 11) is 2.72. The first-order chi connectivity index (χ1) is 44.6. The summed E-state index contributed by atoms with van der Waals surface area (Å²) < 4.78 is 41.7. The molecule has 8 rings (SSSR count). The Morgan fingerprint density at radius 1 is 0.774 bits per heavy atom. The standard InChI is InChI=1S/C68H82F2N10O11S2/c1-41-60(82)74-42(2)61(83)75-54-35-45-18-14-19-51(33-45)91-27-13-9-12-20-57(79(5)65(87)56(76-62(54)84)36-48-38-72-53-22-21-49(69)37-52(48)53)63(85)78-59(43(3)90-6)64(86)77-55(34-44-16-10-7-8-11-17-44)66(88)80-26-15-24-68(80,4)67(89)71-25-29-93-40-47-30-46(31-50(70)32-47)39-92-28-23-58(81)73-41/h9-10,13-14,16-19,21-22,30-33,37-38,41-43,54-57,59,72H,11-12,15,20,23-29,34-36,39-40H2,1-6H3,(H,71,89)(H,73,81)(H,74,82)(H,75,83)(H,76,84)(H,77,86)(H,78,85)/b13-9-/t41-,42+,43+,54-,55-,56-,57-,59-,68-/m0/s1. The van der Waals surface area contributed by atoms with Gasteiger partial charge in [0.05, 0.1) is 6.10 Å². The lowest BCUT2D eigenvalue weighted by Crippen LogP contribution is -2.63. The minimum atomic E-state index is -1.51. The van der Waals surface area contributed by atoms with E-state index in [9.17, 15) is 28.0 Å². The third kappa shape index (κ3) is 19.3. The average molecular weight is 1320 g/mol. The Morgan fingerprint density at radius 2 is 1.51 bits per heavy atom. The predicted molar refractivity (Wildman–Crippen MR) is 352 cm³/mol. The zero-order valence-corrected chi connectivity index (χ0v) is 54.8. The van der Waals surface area contributed by atoms with E-state index in [0.717, 1.165) is 10.5 Å². The molecule has 0 saturated carbocycles. The number of hydrogen-bond acceptors (Lipinski definition) is 13. The fourth-order valence-electron chi connectivity index (χ4n) is 11.5. The van der Waals surface area contributed by atoms with Gasteiger partial charge in [-0.1, -0.05) is 54.3 Å². The molecule has 4 aliphatic rings. The number of thioether (sulfide) groups is 2. The first-order valence-corrected chi connectivity index (χ1v) is 33.5. The van der Waals surface area contributed by atoms with Crippen molar-refractivity contribution in [3.8, 4) is 17.6 Å². The third-order valence-electron chi connectivity index (χ3n) is 16.9.